The Morgan fingerprint density at radius 2 is 1.59 bits per heavy atom. The van der Waals surface area contributed by atoms with E-state index < -0.39 is 46.8 Å². The van der Waals surface area contributed by atoms with Crippen LogP contribution >= 0.6 is 0 Å². The van der Waals surface area contributed by atoms with E-state index in [1.54, 1.807) is 0 Å². The van der Waals surface area contributed by atoms with Crippen LogP contribution in [-0.4, -0.2) is 55.7 Å². The summed E-state index contributed by atoms with van der Waals surface area (Å²) in [5.74, 6) is -4.20. The summed E-state index contributed by atoms with van der Waals surface area (Å²) in [5.41, 5.74) is 8.54. The number of halogens is 3. The summed E-state index contributed by atoms with van der Waals surface area (Å²) in [5, 5.41) is 46.2. The largest absolute Gasteiger partial charge is 0.508 e. The van der Waals surface area contributed by atoms with E-state index in [4.69, 9.17) is 21.3 Å². The fraction of sp³-hybridized carbons (Fsp3) is 0.417. The van der Waals surface area contributed by atoms with E-state index in [1.165, 1.54) is 25.1 Å². The van der Waals surface area contributed by atoms with Crippen molar-refractivity contribution in [3.63, 3.8) is 0 Å². The fourth-order valence-corrected chi connectivity index (χ4v) is 3.02. The zero-order chi connectivity index (χ0) is 28.6. The van der Waals surface area contributed by atoms with Crippen LogP contribution in [0.25, 0.3) is 0 Å². The molecule has 0 aliphatic heterocycles. The van der Waals surface area contributed by atoms with Crippen LogP contribution in [0.5, 0.6) is 23.0 Å². The number of hydrogen-bond acceptors (Lipinski definition) is 9. The lowest BCUT2D eigenvalue weighted by molar-refractivity contribution is -0.145. The number of aliphatic carboxylic acids is 1. The SMILES string of the molecule is CCCCOC(=O)[C@@H](N)Cc1cc(O)c(C(F)(F)F)c(O)c1.C[C@](N)(Cc1cc(O)ccc1O)C(=O)O. The topological polar surface area (TPSA) is 197 Å². The zero-order valence-electron chi connectivity index (χ0n) is 20.2. The van der Waals surface area contributed by atoms with Gasteiger partial charge in [-0.1, -0.05) is 13.3 Å². The third kappa shape index (κ3) is 9.69. The van der Waals surface area contributed by atoms with Crippen LogP contribution in [0.4, 0.5) is 13.2 Å². The molecule has 0 spiro atoms. The van der Waals surface area contributed by atoms with Crippen molar-refractivity contribution in [3.8, 4) is 23.0 Å². The monoisotopic (exact) mass is 532 g/mol. The second kappa shape index (κ2) is 13.0. The molecule has 0 saturated carbocycles. The molecule has 0 unspecified atom stereocenters. The van der Waals surface area contributed by atoms with Crippen LogP contribution in [0.3, 0.4) is 0 Å². The number of rotatable bonds is 9. The first-order valence-electron chi connectivity index (χ1n) is 11.1. The second-order valence-corrected chi connectivity index (χ2v) is 8.55. The van der Waals surface area contributed by atoms with E-state index >= 15 is 0 Å². The number of aromatic hydroxyl groups is 4. The van der Waals surface area contributed by atoms with Crippen LogP contribution < -0.4 is 11.5 Å². The number of alkyl halides is 3. The Morgan fingerprint density at radius 1 is 1.03 bits per heavy atom. The molecule has 10 nitrogen and oxygen atoms in total. The lowest BCUT2D eigenvalue weighted by Crippen LogP contribution is -2.46. The number of carbonyl (C=O) groups is 2. The van der Waals surface area contributed by atoms with E-state index in [0.717, 1.165) is 18.6 Å². The number of hydrogen-bond donors (Lipinski definition) is 7. The summed E-state index contributed by atoms with van der Waals surface area (Å²) < 4.78 is 42.6. The van der Waals surface area contributed by atoms with Crippen LogP contribution in [0.15, 0.2) is 30.3 Å². The molecule has 0 fully saturated rings. The highest BCUT2D eigenvalue weighted by Crippen LogP contribution is 2.42. The molecular formula is C24H31F3N2O8. The van der Waals surface area contributed by atoms with Crippen LogP contribution in [0, 0.1) is 0 Å². The summed E-state index contributed by atoms with van der Waals surface area (Å²) in [4.78, 5) is 22.3. The van der Waals surface area contributed by atoms with E-state index in [0.29, 0.717) is 12.0 Å². The molecule has 9 N–H and O–H groups in total. The maximum Gasteiger partial charge on any atom is 0.423 e. The molecule has 206 valence electrons. The van der Waals surface area contributed by atoms with Gasteiger partial charge in [-0.25, -0.2) is 0 Å². The normalized spacial score (nSPS) is 13.6. The molecule has 0 saturated heterocycles. The number of ether oxygens (including phenoxy) is 1. The fourth-order valence-electron chi connectivity index (χ4n) is 3.02. The first kappa shape index (κ1) is 31.3. The molecule has 0 bridgehead atoms. The van der Waals surface area contributed by atoms with Gasteiger partial charge in [0.1, 0.15) is 40.1 Å². The Morgan fingerprint density at radius 3 is 2.08 bits per heavy atom. The number of benzene rings is 2. The van der Waals surface area contributed by atoms with Gasteiger partial charge < -0.3 is 41.7 Å². The van der Waals surface area contributed by atoms with Crippen molar-refractivity contribution in [1.29, 1.82) is 0 Å². The van der Waals surface area contributed by atoms with Crippen LogP contribution in [-0.2, 0) is 33.3 Å². The van der Waals surface area contributed by atoms with Crippen molar-refractivity contribution in [1.82, 2.24) is 0 Å². The van der Waals surface area contributed by atoms with Crippen molar-refractivity contribution in [2.45, 2.75) is 57.3 Å². The van der Waals surface area contributed by atoms with Gasteiger partial charge in [-0.2, -0.15) is 13.2 Å². The highest BCUT2D eigenvalue weighted by Gasteiger charge is 2.37. The van der Waals surface area contributed by atoms with Crippen LogP contribution in [0.2, 0.25) is 0 Å². The van der Waals surface area contributed by atoms with Gasteiger partial charge in [0.2, 0.25) is 0 Å². The number of unbranched alkanes of at least 4 members (excludes halogenated alkanes) is 1. The average Bonchev–Trinajstić information content (AvgIpc) is 2.75. The molecule has 0 heterocycles. The third-order valence-electron chi connectivity index (χ3n) is 5.05. The molecule has 2 rings (SSSR count). The number of carboxylic acids is 1. The first-order chi connectivity index (χ1) is 17.0. The third-order valence-corrected chi connectivity index (χ3v) is 5.05. The Kier molecular flexibility index (Phi) is 11.0. The number of carbonyl (C=O) groups excluding carboxylic acids is 1. The Labute approximate surface area is 210 Å². The zero-order valence-corrected chi connectivity index (χ0v) is 20.2. The number of nitrogens with two attached hydrogens (primary N) is 2. The maximum absolute atomic E-state index is 12.6. The Bertz CT molecular complexity index is 1070. The number of phenols is 4. The molecule has 37 heavy (non-hydrogen) atoms. The van der Waals surface area contributed by atoms with Gasteiger partial charge in [-0.05, 0) is 61.2 Å². The van der Waals surface area contributed by atoms with E-state index in [2.05, 4.69) is 0 Å². The highest BCUT2D eigenvalue weighted by atomic mass is 19.4. The number of carboxylic acid groups (broad SMARTS) is 1. The summed E-state index contributed by atoms with van der Waals surface area (Å²) in [6, 6.07) is 4.45. The van der Waals surface area contributed by atoms with Gasteiger partial charge in [0, 0.05) is 6.42 Å². The lowest BCUT2D eigenvalue weighted by atomic mass is 9.93. The van der Waals surface area contributed by atoms with Crippen molar-refractivity contribution >= 4 is 11.9 Å². The predicted molar refractivity (Wildman–Crippen MR) is 126 cm³/mol. The summed E-state index contributed by atoms with van der Waals surface area (Å²) in [7, 11) is 0. The molecule has 2 aromatic rings. The molecule has 0 amide bonds. The van der Waals surface area contributed by atoms with Gasteiger partial charge >= 0.3 is 18.1 Å². The minimum absolute atomic E-state index is 0.0380. The minimum Gasteiger partial charge on any atom is -0.508 e. The van der Waals surface area contributed by atoms with E-state index in [9.17, 15) is 43.2 Å². The van der Waals surface area contributed by atoms with E-state index in [1.807, 2.05) is 6.92 Å². The highest BCUT2D eigenvalue weighted by molar-refractivity contribution is 5.78. The Hall–Kier alpha value is -3.71. The molecule has 2 atom stereocenters. The van der Waals surface area contributed by atoms with Gasteiger partial charge in [-0.15, -0.1) is 0 Å². The summed E-state index contributed by atoms with van der Waals surface area (Å²) in [6.45, 7) is 3.48. The summed E-state index contributed by atoms with van der Waals surface area (Å²) in [6.07, 6.45) is -3.58. The number of phenolic OH excluding ortho intramolecular Hbond substituents is 4. The predicted octanol–water partition coefficient (Wildman–Crippen LogP) is 2.77. The molecule has 2 aromatic carbocycles. The van der Waals surface area contributed by atoms with Crippen molar-refractivity contribution in [3.05, 3.63) is 47.0 Å². The first-order valence-corrected chi connectivity index (χ1v) is 11.1. The molecule has 0 aliphatic carbocycles. The molecule has 13 heteroatoms. The van der Waals surface area contributed by atoms with Gasteiger partial charge in [0.05, 0.1) is 6.61 Å². The van der Waals surface area contributed by atoms with Crippen molar-refractivity contribution in [2.24, 2.45) is 11.5 Å². The van der Waals surface area contributed by atoms with Crippen molar-refractivity contribution in [2.75, 3.05) is 6.61 Å². The second-order valence-electron chi connectivity index (χ2n) is 8.55. The van der Waals surface area contributed by atoms with Crippen molar-refractivity contribution < 1.29 is 53.0 Å². The van der Waals surface area contributed by atoms with Crippen LogP contribution in [0.1, 0.15) is 43.4 Å². The molecule has 0 aromatic heterocycles. The quantitative estimate of drug-likeness (QED) is 0.143. The van der Waals surface area contributed by atoms with E-state index in [-0.39, 0.29) is 36.5 Å². The Balaban J connectivity index is 0.000000397. The smallest absolute Gasteiger partial charge is 0.423 e. The molecule has 0 radical (unpaired) electrons. The summed E-state index contributed by atoms with van der Waals surface area (Å²) >= 11 is 0. The minimum atomic E-state index is -4.88. The standard InChI is InChI=1S/C14H18F3NO4.C10H13NO4/c1-2-3-4-22-13(21)9(18)5-8-6-10(19)12(11(20)7-8)14(15,16)17;1-10(11,9(14)15)5-6-4-7(12)2-3-8(6)13/h6-7,9,19-20H,2-5,18H2,1H3;2-4,12-13H,5,11H2,1H3,(H,14,15)/t9-;10-/m00/s1. The molecule has 0 aliphatic rings. The number of esters is 1. The average molecular weight is 533 g/mol. The van der Waals surface area contributed by atoms with Gasteiger partial charge in [-0.3, -0.25) is 9.59 Å². The maximum atomic E-state index is 12.6. The molecular weight excluding hydrogens is 501 g/mol. The van der Waals surface area contributed by atoms with Gasteiger partial charge in [0.25, 0.3) is 0 Å². The lowest BCUT2D eigenvalue weighted by Gasteiger charge is -2.19. The van der Waals surface area contributed by atoms with Gasteiger partial charge in [0.15, 0.2) is 0 Å².